The Morgan fingerprint density at radius 1 is 1.12 bits per heavy atom. The van der Waals surface area contributed by atoms with Gasteiger partial charge in [0.05, 0.1) is 5.56 Å². The van der Waals surface area contributed by atoms with E-state index in [-0.39, 0.29) is 11.8 Å². The molecule has 0 aliphatic carbocycles. The van der Waals surface area contributed by atoms with Crippen LogP contribution in [-0.4, -0.2) is 23.2 Å². The molecule has 0 saturated carbocycles. The molecule has 2 N–H and O–H groups in total. The Morgan fingerprint density at radius 3 is 2.54 bits per heavy atom. The maximum Gasteiger partial charge on any atom is 0.257 e. The first-order valence-electron chi connectivity index (χ1n) is 8.93. The van der Waals surface area contributed by atoms with Gasteiger partial charge in [-0.25, -0.2) is 0 Å². The van der Waals surface area contributed by atoms with Crippen LogP contribution in [0.1, 0.15) is 36.2 Å². The van der Waals surface area contributed by atoms with E-state index in [1.54, 1.807) is 6.07 Å². The largest absolute Gasteiger partial charge is 0.353 e. The minimum atomic E-state index is -1.04. The predicted molar refractivity (Wildman–Crippen MR) is 105 cm³/mol. The third kappa shape index (κ3) is 4.10. The summed E-state index contributed by atoms with van der Waals surface area (Å²) >= 11 is 1.43. The lowest BCUT2D eigenvalue weighted by Gasteiger charge is -2.37. The van der Waals surface area contributed by atoms with Gasteiger partial charge in [-0.05, 0) is 30.0 Å². The first-order valence-corrected chi connectivity index (χ1v) is 9.74. The van der Waals surface area contributed by atoms with E-state index >= 15 is 0 Å². The molecule has 2 aromatic carbocycles. The first-order chi connectivity index (χ1) is 12.5. The average molecular weight is 369 g/mol. The van der Waals surface area contributed by atoms with Crippen molar-refractivity contribution < 1.29 is 9.59 Å². The Labute approximate surface area is 158 Å². The van der Waals surface area contributed by atoms with E-state index < -0.39 is 4.87 Å². The van der Waals surface area contributed by atoms with Gasteiger partial charge in [0.15, 0.2) is 4.87 Å². The summed E-state index contributed by atoms with van der Waals surface area (Å²) in [5.41, 5.74) is 1.63. The Balaban J connectivity index is 1.90. The molecule has 1 unspecified atom stereocenters. The minimum Gasteiger partial charge on any atom is -0.353 e. The van der Waals surface area contributed by atoms with Crippen LogP contribution in [0, 0.1) is 5.92 Å². The zero-order valence-electron chi connectivity index (χ0n) is 15.1. The van der Waals surface area contributed by atoms with E-state index in [0.717, 1.165) is 16.9 Å². The second-order valence-electron chi connectivity index (χ2n) is 6.98. The molecule has 26 heavy (non-hydrogen) atoms. The summed E-state index contributed by atoms with van der Waals surface area (Å²) in [6.45, 7) is 4.85. The van der Waals surface area contributed by atoms with Gasteiger partial charge in [-0.3, -0.25) is 9.59 Å². The molecule has 0 aromatic heterocycles. The molecular weight excluding hydrogens is 344 g/mol. The number of rotatable bonds is 6. The van der Waals surface area contributed by atoms with Crippen LogP contribution in [0.2, 0.25) is 0 Å². The molecular formula is C21H24N2O2S. The van der Waals surface area contributed by atoms with E-state index in [2.05, 4.69) is 24.5 Å². The highest BCUT2D eigenvalue weighted by atomic mass is 32.2. The summed E-state index contributed by atoms with van der Waals surface area (Å²) < 4.78 is 0. The molecule has 5 heteroatoms. The second kappa shape index (κ2) is 7.96. The van der Waals surface area contributed by atoms with Gasteiger partial charge in [0.1, 0.15) is 0 Å². The van der Waals surface area contributed by atoms with Crippen molar-refractivity contribution in [1.82, 2.24) is 10.6 Å². The van der Waals surface area contributed by atoms with E-state index in [0.29, 0.717) is 24.4 Å². The number of hydrogen-bond acceptors (Lipinski definition) is 3. The highest BCUT2D eigenvalue weighted by molar-refractivity contribution is 8.01. The Morgan fingerprint density at radius 2 is 1.81 bits per heavy atom. The van der Waals surface area contributed by atoms with Crippen molar-refractivity contribution in [2.45, 2.75) is 36.5 Å². The van der Waals surface area contributed by atoms with Gasteiger partial charge in [0.25, 0.3) is 11.8 Å². The quantitative estimate of drug-likeness (QED) is 0.819. The third-order valence-electron chi connectivity index (χ3n) is 4.40. The van der Waals surface area contributed by atoms with Crippen molar-refractivity contribution in [3.63, 3.8) is 0 Å². The molecule has 2 amide bonds. The maximum absolute atomic E-state index is 13.1. The van der Waals surface area contributed by atoms with Gasteiger partial charge in [-0.1, -0.05) is 68.1 Å². The van der Waals surface area contributed by atoms with E-state index in [1.165, 1.54) is 11.8 Å². The van der Waals surface area contributed by atoms with Crippen LogP contribution in [0.4, 0.5) is 0 Å². The number of hydrogen-bond donors (Lipinski definition) is 2. The molecule has 0 saturated heterocycles. The predicted octanol–water partition coefficient (Wildman–Crippen LogP) is 3.62. The summed E-state index contributed by atoms with van der Waals surface area (Å²) in [7, 11) is 0. The highest BCUT2D eigenvalue weighted by Gasteiger charge is 2.45. The Hall–Kier alpha value is -2.27. The molecule has 2 aromatic rings. The average Bonchev–Trinajstić information content (AvgIpc) is 2.62. The Bertz CT molecular complexity index is 792. The van der Waals surface area contributed by atoms with Crippen LogP contribution < -0.4 is 10.6 Å². The van der Waals surface area contributed by atoms with Gasteiger partial charge in [-0.2, -0.15) is 0 Å². The molecule has 0 radical (unpaired) electrons. The number of benzene rings is 2. The van der Waals surface area contributed by atoms with Crippen LogP contribution >= 0.6 is 11.8 Å². The van der Waals surface area contributed by atoms with Crippen LogP contribution in [0.5, 0.6) is 0 Å². The van der Waals surface area contributed by atoms with Gasteiger partial charge in [0, 0.05) is 17.9 Å². The van der Waals surface area contributed by atoms with Crippen LogP contribution in [0.25, 0.3) is 0 Å². The van der Waals surface area contributed by atoms with Crippen molar-refractivity contribution in [2.75, 3.05) is 6.54 Å². The summed E-state index contributed by atoms with van der Waals surface area (Å²) in [5.74, 6) is 0.166. The summed E-state index contributed by atoms with van der Waals surface area (Å²) in [4.78, 5) is 25.6. The zero-order chi connectivity index (χ0) is 18.6. The van der Waals surface area contributed by atoms with Gasteiger partial charge in [-0.15, -0.1) is 0 Å². The first kappa shape index (κ1) is 18.5. The fourth-order valence-electron chi connectivity index (χ4n) is 2.97. The number of thioether (sulfide) groups is 1. The van der Waals surface area contributed by atoms with Crippen molar-refractivity contribution >= 4 is 23.6 Å². The summed E-state index contributed by atoms with van der Waals surface area (Å²) in [5, 5.41) is 6.01. The topological polar surface area (TPSA) is 58.2 Å². The maximum atomic E-state index is 13.1. The monoisotopic (exact) mass is 368 g/mol. The lowest BCUT2D eigenvalue weighted by Crippen LogP contribution is -2.59. The molecule has 136 valence electrons. The lowest BCUT2D eigenvalue weighted by atomic mass is 10.0. The minimum absolute atomic E-state index is 0.144. The molecule has 0 spiro atoms. The van der Waals surface area contributed by atoms with E-state index in [1.807, 2.05) is 48.5 Å². The molecule has 1 aliphatic heterocycles. The molecule has 1 aliphatic rings. The number of amides is 2. The number of carbonyl (C=O) groups excluding carboxylic acids is 2. The van der Waals surface area contributed by atoms with Crippen LogP contribution in [0.3, 0.4) is 0 Å². The van der Waals surface area contributed by atoms with Gasteiger partial charge >= 0.3 is 0 Å². The molecule has 3 rings (SSSR count). The van der Waals surface area contributed by atoms with E-state index in [4.69, 9.17) is 0 Å². The van der Waals surface area contributed by atoms with Crippen LogP contribution in [0.15, 0.2) is 59.5 Å². The van der Waals surface area contributed by atoms with Gasteiger partial charge < -0.3 is 10.6 Å². The lowest BCUT2D eigenvalue weighted by molar-refractivity contribution is -0.124. The number of fused-ring (bicyclic) bond motifs is 1. The van der Waals surface area contributed by atoms with Gasteiger partial charge in [0.2, 0.25) is 0 Å². The molecule has 0 bridgehead atoms. The fraction of sp³-hybridized carbons (Fsp3) is 0.333. The SMILES string of the molecule is CC(C)CCNC(=O)C1(Cc2ccccc2)NC(=O)c2ccccc2S1. The smallest absolute Gasteiger partial charge is 0.257 e. The Kier molecular flexibility index (Phi) is 5.67. The molecule has 1 atom stereocenters. The number of carbonyl (C=O) groups is 2. The highest BCUT2D eigenvalue weighted by Crippen LogP contribution is 2.40. The van der Waals surface area contributed by atoms with Crippen molar-refractivity contribution in [3.8, 4) is 0 Å². The second-order valence-corrected chi connectivity index (χ2v) is 8.32. The summed E-state index contributed by atoms with van der Waals surface area (Å²) in [6.07, 6.45) is 1.34. The third-order valence-corrected chi connectivity index (χ3v) is 5.76. The molecule has 4 nitrogen and oxygen atoms in total. The fourth-order valence-corrected chi connectivity index (χ4v) is 4.31. The van der Waals surface area contributed by atoms with Crippen molar-refractivity contribution in [1.29, 1.82) is 0 Å². The zero-order valence-corrected chi connectivity index (χ0v) is 15.9. The van der Waals surface area contributed by atoms with Crippen molar-refractivity contribution in [3.05, 3.63) is 65.7 Å². The molecule has 1 heterocycles. The van der Waals surface area contributed by atoms with Crippen LogP contribution in [-0.2, 0) is 11.2 Å². The van der Waals surface area contributed by atoms with E-state index in [9.17, 15) is 9.59 Å². The summed E-state index contributed by atoms with van der Waals surface area (Å²) in [6, 6.07) is 17.2. The normalized spacial score (nSPS) is 19.0. The standard InChI is InChI=1S/C21H24N2O2S/c1-15(2)12-13-22-20(25)21(14-16-8-4-3-5-9-16)23-19(24)17-10-6-7-11-18(17)26-21/h3-11,15H,12-14H2,1-2H3,(H,22,25)(H,23,24). The number of nitrogens with one attached hydrogen (secondary N) is 2. The molecule has 0 fully saturated rings. The van der Waals surface area contributed by atoms with Crippen molar-refractivity contribution in [2.24, 2.45) is 5.92 Å².